The van der Waals surface area contributed by atoms with Crippen molar-refractivity contribution >= 4 is 28.8 Å². The number of nitrogens with zero attached hydrogens (tertiary/aromatic N) is 2. The van der Waals surface area contributed by atoms with Crippen LogP contribution in [0.4, 0.5) is 0 Å². The standard InChI is InChI=1S/C23H30ClN3OS/c24-19-8-2-1-7-18(19)14-25-22(28)12-11-17-6-5-13-27(15-17)16-23-26-20-9-3-4-10-21(20)29-23/h1-2,7-8,17H,3-6,9-16H2,(H,25,28). The topological polar surface area (TPSA) is 45.2 Å². The first-order valence-corrected chi connectivity index (χ1v) is 12.1. The Hall–Kier alpha value is -1.43. The van der Waals surface area contributed by atoms with E-state index in [9.17, 15) is 4.79 Å². The van der Waals surface area contributed by atoms with E-state index in [0.717, 1.165) is 38.0 Å². The Kier molecular flexibility index (Phi) is 7.22. The molecule has 1 aromatic heterocycles. The normalized spacial score (nSPS) is 19.7. The van der Waals surface area contributed by atoms with Gasteiger partial charge in [-0.25, -0.2) is 4.98 Å². The molecule has 0 radical (unpaired) electrons. The van der Waals surface area contributed by atoms with Gasteiger partial charge in [-0.15, -0.1) is 11.3 Å². The smallest absolute Gasteiger partial charge is 0.220 e. The van der Waals surface area contributed by atoms with Gasteiger partial charge in [0.1, 0.15) is 5.01 Å². The molecule has 2 aromatic rings. The molecule has 29 heavy (non-hydrogen) atoms. The van der Waals surface area contributed by atoms with Crippen molar-refractivity contribution in [2.24, 2.45) is 5.92 Å². The lowest BCUT2D eigenvalue weighted by Crippen LogP contribution is -2.35. The van der Waals surface area contributed by atoms with Gasteiger partial charge in [-0.1, -0.05) is 29.8 Å². The van der Waals surface area contributed by atoms with Crippen molar-refractivity contribution in [3.8, 4) is 0 Å². The van der Waals surface area contributed by atoms with Gasteiger partial charge in [-0.05, 0) is 69.0 Å². The number of rotatable bonds is 7. The van der Waals surface area contributed by atoms with Gasteiger partial charge in [-0.2, -0.15) is 0 Å². The summed E-state index contributed by atoms with van der Waals surface area (Å²) in [7, 11) is 0. The second-order valence-corrected chi connectivity index (χ2v) is 9.91. The summed E-state index contributed by atoms with van der Waals surface area (Å²) in [4.78, 5) is 21.3. The van der Waals surface area contributed by atoms with E-state index < -0.39 is 0 Å². The molecule has 156 valence electrons. The molecule has 1 atom stereocenters. The highest BCUT2D eigenvalue weighted by molar-refractivity contribution is 7.11. The van der Waals surface area contributed by atoms with Crippen molar-refractivity contribution in [3.05, 3.63) is 50.4 Å². The summed E-state index contributed by atoms with van der Waals surface area (Å²) in [5.74, 6) is 0.721. The second kappa shape index (κ2) is 10.1. The lowest BCUT2D eigenvalue weighted by Gasteiger charge is -2.32. The number of amides is 1. The summed E-state index contributed by atoms with van der Waals surface area (Å²) in [6.07, 6.45) is 8.99. The third-order valence-electron chi connectivity index (χ3n) is 6.07. The number of carbonyl (C=O) groups excluding carboxylic acids is 1. The highest BCUT2D eigenvalue weighted by Crippen LogP contribution is 2.29. The number of piperidine rings is 1. The van der Waals surface area contributed by atoms with E-state index in [1.165, 1.54) is 47.7 Å². The van der Waals surface area contributed by atoms with Crippen LogP contribution in [0.1, 0.15) is 59.7 Å². The summed E-state index contributed by atoms with van der Waals surface area (Å²) in [6, 6.07) is 7.67. The van der Waals surface area contributed by atoms with Crippen LogP contribution in [0, 0.1) is 5.92 Å². The molecule has 1 amide bonds. The van der Waals surface area contributed by atoms with Crippen LogP contribution in [-0.2, 0) is 30.7 Å². The lowest BCUT2D eigenvalue weighted by molar-refractivity contribution is -0.121. The molecule has 1 saturated heterocycles. The van der Waals surface area contributed by atoms with Crippen molar-refractivity contribution in [1.29, 1.82) is 0 Å². The number of nitrogens with one attached hydrogen (secondary N) is 1. The predicted octanol–water partition coefficient (Wildman–Crippen LogP) is 4.98. The molecule has 2 aliphatic rings. The molecule has 1 aliphatic carbocycles. The maximum Gasteiger partial charge on any atom is 0.220 e. The third-order valence-corrected chi connectivity index (χ3v) is 7.58. The van der Waals surface area contributed by atoms with Gasteiger partial charge < -0.3 is 5.32 Å². The van der Waals surface area contributed by atoms with Crippen molar-refractivity contribution in [2.45, 2.75) is 64.5 Å². The zero-order valence-electron chi connectivity index (χ0n) is 17.0. The van der Waals surface area contributed by atoms with E-state index in [1.807, 2.05) is 35.6 Å². The van der Waals surface area contributed by atoms with Crippen LogP contribution < -0.4 is 5.32 Å². The first kappa shape index (κ1) is 20.8. The van der Waals surface area contributed by atoms with E-state index in [4.69, 9.17) is 16.6 Å². The Bertz CT molecular complexity index is 814. The summed E-state index contributed by atoms with van der Waals surface area (Å²) in [6.45, 7) is 3.72. The van der Waals surface area contributed by atoms with Crippen molar-refractivity contribution in [2.75, 3.05) is 13.1 Å². The maximum absolute atomic E-state index is 12.3. The third kappa shape index (κ3) is 5.80. The van der Waals surface area contributed by atoms with Crippen LogP contribution >= 0.6 is 22.9 Å². The highest BCUT2D eigenvalue weighted by Gasteiger charge is 2.23. The Balaban J connectivity index is 1.21. The number of likely N-dealkylation sites (tertiary alicyclic amines) is 1. The molecule has 6 heteroatoms. The van der Waals surface area contributed by atoms with Crippen molar-refractivity contribution < 1.29 is 4.79 Å². The second-order valence-electron chi connectivity index (χ2n) is 8.33. The van der Waals surface area contributed by atoms with Crippen LogP contribution in [0.15, 0.2) is 24.3 Å². The highest BCUT2D eigenvalue weighted by atomic mass is 35.5. The maximum atomic E-state index is 12.3. The molecule has 1 aromatic carbocycles. The molecule has 2 heterocycles. The molecule has 0 bridgehead atoms. The molecule has 1 unspecified atom stereocenters. The van der Waals surface area contributed by atoms with E-state index >= 15 is 0 Å². The molecule has 1 N–H and O–H groups in total. The minimum atomic E-state index is 0.120. The number of thiazole rings is 1. The molecule has 4 nitrogen and oxygen atoms in total. The largest absolute Gasteiger partial charge is 0.352 e. The van der Waals surface area contributed by atoms with Gasteiger partial charge >= 0.3 is 0 Å². The first-order valence-electron chi connectivity index (χ1n) is 10.9. The van der Waals surface area contributed by atoms with Gasteiger partial charge in [0, 0.05) is 29.4 Å². The zero-order valence-corrected chi connectivity index (χ0v) is 18.5. The minimum absolute atomic E-state index is 0.120. The summed E-state index contributed by atoms with van der Waals surface area (Å²) in [5, 5.41) is 5.01. The Morgan fingerprint density at radius 3 is 2.97 bits per heavy atom. The summed E-state index contributed by atoms with van der Waals surface area (Å²) in [5.41, 5.74) is 2.33. The average molecular weight is 432 g/mol. The molecule has 4 rings (SSSR count). The monoisotopic (exact) mass is 431 g/mol. The van der Waals surface area contributed by atoms with Crippen LogP contribution in [-0.4, -0.2) is 28.9 Å². The number of hydrogen-bond acceptors (Lipinski definition) is 4. The van der Waals surface area contributed by atoms with Gasteiger partial charge in [0.25, 0.3) is 0 Å². The number of aromatic nitrogens is 1. The quantitative estimate of drug-likeness (QED) is 0.672. The molecule has 0 saturated carbocycles. The van der Waals surface area contributed by atoms with Crippen LogP contribution in [0.3, 0.4) is 0 Å². The predicted molar refractivity (Wildman–Crippen MR) is 119 cm³/mol. The Morgan fingerprint density at radius 1 is 1.24 bits per heavy atom. The summed E-state index contributed by atoms with van der Waals surface area (Å²) >= 11 is 8.09. The fourth-order valence-corrected chi connectivity index (χ4v) is 5.86. The molecule has 1 fully saturated rings. The average Bonchev–Trinajstić information content (AvgIpc) is 3.14. The number of aryl methyl sites for hydroxylation is 2. The van der Waals surface area contributed by atoms with Gasteiger partial charge in [0.2, 0.25) is 5.91 Å². The van der Waals surface area contributed by atoms with Crippen LogP contribution in [0.5, 0.6) is 0 Å². The number of benzene rings is 1. The minimum Gasteiger partial charge on any atom is -0.352 e. The molecular formula is C23H30ClN3OS. The first-order chi connectivity index (χ1) is 14.2. The fraction of sp³-hybridized carbons (Fsp3) is 0.565. The van der Waals surface area contributed by atoms with Crippen LogP contribution in [0.25, 0.3) is 0 Å². The van der Waals surface area contributed by atoms with Crippen molar-refractivity contribution in [1.82, 2.24) is 15.2 Å². The number of fused-ring (bicyclic) bond motifs is 1. The molecule has 0 spiro atoms. The van der Waals surface area contributed by atoms with E-state index in [-0.39, 0.29) is 5.91 Å². The Morgan fingerprint density at radius 2 is 2.10 bits per heavy atom. The van der Waals surface area contributed by atoms with E-state index in [1.54, 1.807) is 0 Å². The Labute approximate surface area is 182 Å². The van der Waals surface area contributed by atoms with E-state index in [0.29, 0.717) is 23.9 Å². The number of halogens is 1. The van der Waals surface area contributed by atoms with Gasteiger partial charge in [-0.3, -0.25) is 9.69 Å². The molecular weight excluding hydrogens is 402 g/mol. The van der Waals surface area contributed by atoms with Crippen molar-refractivity contribution in [3.63, 3.8) is 0 Å². The van der Waals surface area contributed by atoms with E-state index in [2.05, 4.69) is 10.2 Å². The number of hydrogen-bond donors (Lipinski definition) is 1. The van der Waals surface area contributed by atoms with Gasteiger partial charge in [0.15, 0.2) is 0 Å². The lowest BCUT2D eigenvalue weighted by atomic mass is 9.93. The number of carbonyl (C=O) groups is 1. The molecule has 1 aliphatic heterocycles. The fourth-order valence-electron chi connectivity index (χ4n) is 4.45. The summed E-state index contributed by atoms with van der Waals surface area (Å²) < 4.78 is 0. The van der Waals surface area contributed by atoms with Crippen LogP contribution in [0.2, 0.25) is 5.02 Å². The zero-order chi connectivity index (χ0) is 20.1. The SMILES string of the molecule is O=C(CCC1CCCN(Cc2nc3c(s2)CCCC3)C1)NCc1ccccc1Cl. The van der Waals surface area contributed by atoms with Gasteiger partial charge in [0.05, 0.1) is 12.2 Å².